The summed E-state index contributed by atoms with van der Waals surface area (Å²) in [5.41, 5.74) is 7.44. The van der Waals surface area contributed by atoms with Crippen molar-refractivity contribution in [2.45, 2.75) is 63.1 Å². The molecule has 2 atom stereocenters. The van der Waals surface area contributed by atoms with Crippen LogP contribution in [0.3, 0.4) is 0 Å². The lowest BCUT2D eigenvalue weighted by Gasteiger charge is -2.29. The van der Waals surface area contributed by atoms with E-state index in [0.29, 0.717) is 58.1 Å². The highest BCUT2D eigenvalue weighted by Gasteiger charge is 2.30. The van der Waals surface area contributed by atoms with Crippen LogP contribution in [-0.2, 0) is 4.79 Å². The van der Waals surface area contributed by atoms with Gasteiger partial charge in [-0.1, -0.05) is 29.3 Å². The molecule has 5 rings (SSSR count). The lowest BCUT2D eigenvalue weighted by atomic mass is 9.85. The molecule has 0 aliphatic heterocycles. The van der Waals surface area contributed by atoms with Crippen molar-refractivity contribution in [2.24, 2.45) is 11.7 Å². The van der Waals surface area contributed by atoms with Gasteiger partial charge in [-0.15, -0.1) is 0 Å². The minimum atomic E-state index is -0.289. The van der Waals surface area contributed by atoms with Gasteiger partial charge in [0.15, 0.2) is 5.65 Å². The van der Waals surface area contributed by atoms with E-state index in [0.717, 1.165) is 25.7 Å². The van der Waals surface area contributed by atoms with Gasteiger partial charge >= 0.3 is 0 Å². The van der Waals surface area contributed by atoms with E-state index in [1.165, 1.54) is 0 Å². The Morgan fingerprint density at radius 3 is 2.47 bits per heavy atom. The van der Waals surface area contributed by atoms with Gasteiger partial charge in [0, 0.05) is 18.0 Å². The molecule has 2 aliphatic carbocycles. The summed E-state index contributed by atoms with van der Waals surface area (Å²) in [5, 5.41) is 17.5. The third-order valence-corrected chi connectivity index (χ3v) is 7.46. The zero-order chi connectivity index (χ0) is 23.8. The molecule has 2 heterocycles. The van der Waals surface area contributed by atoms with Crippen LogP contribution in [0.2, 0.25) is 10.0 Å². The van der Waals surface area contributed by atoms with Crippen LogP contribution in [0.5, 0.6) is 0 Å². The molecule has 180 valence electrons. The van der Waals surface area contributed by atoms with Gasteiger partial charge in [-0.05, 0) is 57.1 Å². The number of nitrogens with zero attached hydrogens (tertiary/aromatic N) is 4. The predicted octanol–water partition coefficient (Wildman–Crippen LogP) is 4.42. The van der Waals surface area contributed by atoms with Crippen LogP contribution in [0.15, 0.2) is 24.4 Å². The molecule has 0 spiro atoms. The van der Waals surface area contributed by atoms with E-state index >= 15 is 0 Å². The number of amides is 1. The van der Waals surface area contributed by atoms with Gasteiger partial charge in [0.2, 0.25) is 17.8 Å². The molecule has 1 amide bonds. The van der Waals surface area contributed by atoms with Crippen molar-refractivity contribution >= 4 is 57.9 Å². The second-order valence-corrected chi connectivity index (χ2v) is 9.96. The standard InChI is InChI=1S/C23H27Cl2N7O2/c24-16-2-1-3-17(25)19(16)30-23-29-18-11-27-22(28-13-6-9-15(33)10-13)31-21(18)32(23)14-7-4-12(5-8-14)20(26)34/h1-3,11-15,33H,4-10H2,(H2,26,34)(H,29,30)(H,27,28,31)/t12-,13-,14+,15-/m1/s1. The minimum Gasteiger partial charge on any atom is -0.393 e. The van der Waals surface area contributed by atoms with Crippen molar-refractivity contribution in [2.75, 3.05) is 10.6 Å². The number of benzene rings is 1. The van der Waals surface area contributed by atoms with Crippen molar-refractivity contribution in [3.8, 4) is 0 Å². The predicted molar refractivity (Wildman–Crippen MR) is 133 cm³/mol. The molecule has 34 heavy (non-hydrogen) atoms. The molecule has 3 aromatic rings. The van der Waals surface area contributed by atoms with Crippen molar-refractivity contribution in [3.63, 3.8) is 0 Å². The maximum Gasteiger partial charge on any atom is 0.224 e. The summed E-state index contributed by atoms with van der Waals surface area (Å²) < 4.78 is 2.06. The molecule has 0 bridgehead atoms. The molecule has 2 saturated carbocycles. The largest absolute Gasteiger partial charge is 0.393 e. The van der Waals surface area contributed by atoms with Crippen molar-refractivity contribution in [1.29, 1.82) is 0 Å². The SMILES string of the molecule is NC(=O)[C@H]1CC[C@@H](n2c(Nc3c(Cl)cccc3Cl)nc3cnc(N[C@@H]4CC[C@@H](O)C4)nc32)CC1. The van der Waals surface area contributed by atoms with Crippen LogP contribution in [0, 0.1) is 5.92 Å². The van der Waals surface area contributed by atoms with E-state index in [4.69, 9.17) is 38.9 Å². The van der Waals surface area contributed by atoms with Gasteiger partial charge in [0.1, 0.15) is 5.52 Å². The summed E-state index contributed by atoms with van der Waals surface area (Å²) in [6.07, 6.45) is 6.69. The highest BCUT2D eigenvalue weighted by molar-refractivity contribution is 6.39. The Balaban J connectivity index is 1.52. The number of anilines is 3. The summed E-state index contributed by atoms with van der Waals surface area (Å²) in [5.74, 6) is 0.708. The molecule has 5 N–H and O–H groups in total. The van der Waals surface area contributed by atoms with Crippen molar-refractivity contribution in [1.82, 2.24) is 19.5 Å². The van der Waals surface area contributed by atoms with Crippen LogP contribution in [0.1, 0.15) is 51.0 Å². The number of hydrogen-bond donors (Lipinski definition) is 4. The number of nitrogens with one attached hydrogen (secondary N) is 2. The number of aliphatic hydroxyl groups is 1. The number of imidazole rings is 1. The first-order valence-electron chi connectivity index (χ1n) is 11.6. The van der Waals surface area contributed by atoms with E-state index < -0.39 is 0 Å². The smallest absolute Gasteiger partial charge is 0.224 e. The molecular weight excluding hydrogens is 477 g/mol. The molecule has 0 radical (unpaired) electrons. The fraction of sp³-hybridized carbons (Fsp3) is 0.478. The van der Waals surface area contributed by atoms with Crippen molar-refractivity contribution in [3.05, 3.63) is 34.4 Å². The van der Waals surface area contributed by atoms with Gasteiger partial charge in [-0.25, -0.2) is 9.97 Å². The number of para-hydroxylation sites is 1. The Hall–Kier alpha value is -2.62. The first-order chi connectivity index (χ1) is 16.4. The molecule has 1 aromatic carbocycles. The first kappa shape index (κ1) is 23.1. The Labute approximate surface area is 207 Å². The van der Waals surface area contributed by atoms with E-state index in [1.807, 2.05) is 0 Å². The molecule has 2 fully saturated rings. The van der Waals surface area contributed by atoms with Crippen LogP contribution in [0.25, 0.3) is 11.2 Å². The average Bonchev–Trinajstić information content (AvgIpc) is 3.38. The van der Waals surface area contributed by atoms with Crippen LogP contribution in [-0.4, -0.2) is 42.7 Å². The highest BCUT2D eigenvalue weighted by Crippen LogP contribution is 2.39. The lowest BCUT2D eigenvalue weighted by molar-refractivity contribution is -0.122. The summed E-state index contributed by atoms with van der Waals surface area (Å²) in [7, 11) is 0. The number of aliphatic hydroxyl groups excluding tert-OH is 1. The summed E-state index contributed by atoms with van der Waals surface area (Å²) >= 11 is 12.8. The van der Waals surface area contributed by atoms with Crippen molar-refractivity contribution < 1.29 is 9.90 Å². The second-order valence-electron chi connectivity index (χ2n) is 9.15. The quantitative estimate of drug-likeness (QED) is 0.391. The van der Waals surface area contributed by atoms with Gasteiger partial charge in [-0.3, -0.25) is 9.36 Å². The first-order valence-corrected chi connectivity index (χ1v) is 12.3. The fourth-order valence-corrected chi connectivity index (χ4v) is 5.51. The van der Waals surface area contributed by atoms with Gasteiger partial charge in [0.05, 0.1) is 28.0 Å². The van der Waals surface area contributed by atoms with Crippen LogP contribution >= 0.6 is 23.2 Å². The van der Waals surface area contributed by atoms with Crippen LogP contribution < -0.4 is 16.4 Å². The maximum absolute atomic E-state index is 11.7. The van der Waals surface area contributed by atoms with Gasteiger partial charge in [-0.2, -0.15) is 4.98 Å². The maximum atomic E-state index is 11.7. The molecule has 0 saturated heterocycles. The Morgan fingerprint density at radius 1 is 1.09 bits per heavy atom. The number of hydrogen-bond acceptors (Lipinski definition) is 7. The van der Waals surface area contributed by atoms with E-state index in [2.05, 4.69) is 20.2 Å². The number of nitrogens with two attached hydrogens (primary N) is 1. The van der Waals surface area contributed by atoms with Crippen LogP contribution in [0.4, 0.5) is 17.6 Å². The molecule has 9 nitrogen and oxygen atoms in total. The van der Waals surface area contributed by atoms with E-state index in [-0.39, 0.29) is 30.0 Å². The average molecular weight is 504 g/mol. The molecule has 11 heteroatoms. The lowest BCUT2D eigenvalue weighted by Crippen LogP contribution is -2.28. The van der Waals surface area contributed by atoms with Gasteiger partial charge < -0.3 is 21.5 Å². The number of fused-ring (bicyclic) bond motifs is 1. The fourth-order valence-electron chi connectivity index (χ4n) is 5.01. The Bertz CT molecular complexity index is 1190. The van der Waals surface area contributed by atoms with E-state index in [9.17, 15) is 9.90 Å². The molecule has 0 unspecified atom stereocenters. The topological polar surface area (TPSA) is 131 Å². The Kier molecular flexibility index (Phi) is 6.50. The summed E-state index contributed by atoms with van der Waals surface area (Å²) in [6, 6.07) is 5.51. The number of carbonyl (C=O) groups excluding carboxylic acids is 1. The third kappa shape index (κ3) is 4.64. The third-order valence-electron chi connectivity index (χ3n) is 6.83. The zero-order valence-electron chi connectivity index (χ0n) is 18.5. The number of primary amides is 1. The van der Waals surface area contributed by atoms with E-state index in [1.54, 1.807) is 24.4 Å². The highest BCUT2D eigenvalue weighted by atomic mass is 35.5. The minimum absolute atomic E-state index is 0.0698. The Morgan fingerprint density at radius 2 is 1.82 bits per heavy atom. The number of halogens is 2. The second kappa shape index (κ2) is 9.56. The monoisotopic (exact) mass is 503 g/mol. The molecule has 2 aliphatic rings. The van der Waals surface area contributed by atoms with Gasteiger partial charge in [0.25, 0.3) is 0 Å². The number of rotatable bonds is 6. The molecule has 2 aromatic heterocycles. The normalized spacial score (nSPS) is 24.9. The number of carbonyl (C=O) groups is 1. The summed E-state index contributed by atoms with van der Waals surface area (Å²) in [4.78, 5) is 25.7. The number of aromatic nitrogens is 4. The summed E-state index contributed by atoms with van der Waals surface area (Å²) in [6.45, 7) is 0. The molecular formula is C23H27Cl2N7O2. The zero-order valence-corrected chi connectivity index (χ0v) is 20.1.